The van der Waals surface area contributed by atoms with E-state index in [-0.39, 0.29) is 18.1 Å². The van der Waals surface area contributed by atoms with Crippen LogP contribution in [0.3, 0.4) is 0 Å². The van der Waals surface area contributed by atoms with Crippen LogP contribution in [0.25, 0.3) is 0 Å². The highest BCUT2D eigenvalue weighted by Gasteiger charge is 2.31. The third-order valence-corrected chi connectivity index (χ3v) is 6.74. The van der Waals surface area contributed by atoms with E-state index in [9.17, 15) is 29.4 Å². The summed E-state index contributed by atoms with van der Waals surface area (Å²) in [7, 11) is 0. The summed E-state index contributed by atoms with van der Waals surface area (Å²) in [5.74, 6) is -1.91. The van der Waals surface area contributed by atoms with Gasteiger partial charge in [-0.1, -0.05) is 26.0 Å². The van der Waals surface area contributed by atoms with Crippen LogP contribution in [0.2, 0.25) is 0 Å². The number of hydrogen-bond donors (Lipinski definition) is 6. The van der Waals surface area contributed by atoms with Crippen LogP contribution in [0.4, 0.5) is 0 Å². The molecule has 0 saturated carbocycles. The van der Waals surface area contributed by atoms with Gasteiger partial charge in [-0.2, -0.15) is 23.5 Å². The number of aromatic hydroxyl groups is 1. The Morgan fingerprint density at radius 3 is 1.92 bits per heavy atom. The van der Waals surface area contributed by atoms with Crippen LogP contribution >= 0.6 is 23.5 Å². The van der Waals surface area contributed by atoms with Gasteiger partial charge in [-0.05, 0) is 60.5 Å². The van der Waals surface area contributed by atoms with Crippen LogP contribution in [0.5, 0.6) is 5.75 Å². The van der Waals surface area contributed by atoms with Crippen LogP contribution in [-0.2, 0) is 25.6 Å². The van der Waals surface area contributed by atoms with E-state index in [0.717, 1.165) is 0 Å². The van der Waals surface area contributed by atoms with Crippen molar-refractivity contribution in [2.24, 2.45) is 11.7 Å². The van der Waals surface area contributed by atoms with Gasteiger partial charge in [-0.15, -0.1) is 0 Å². The second kappa shape index (κ2) is 16.3. The van der Waals surface area contributed by atoms with Gasteiger partial charge in [0.05, 0.1) is 6.04 Å². The number of benzene rings is 1. The van der Waals surface area contributed by atoms with Gasteiger partial charge in [-0.25, -0.2) is 4.79 Å². The molecule has 0 fully saturated rings. The van der Waals surface area contributed by atoms with Gasteiger partial charge in [0, 0.05) is 6.42 Å². The van der Waals surface area contributed by atoms with Crippen LogP contribution in [0.15, 0.2) is 24.3 Å². The van der Waals surface area contributed by atoms with E-state index in [2.05, 4.69) is 16.0 Å². The molecule has 0 aliphatic heterocycles. The first-order valence-electron chi connectivity index (χ1n) is 11.6. The zero-order chi connectivity index (χ0) is 27.3. The second-order valence-corrected chi connectivity index (χ2v) is 10.7. The molecule has 7 N–H and O–H groups in total. The minimum Gasteiger partial charge on any atom is -0.508 e. The Morgan fingerprint density at radius 2 is 1.39 bits per heavy atom. The minimum absolute atomic E-state index is 0.0483. The molecule has 4 unspecified atom stereocenters. The summed E-state index contributed by atoms with van der Waals surface area (Å²) in [5.41, 5.74) is 6.60. The number of amides is 3. The summed E-state index contributed by atoms with van der Waals surface area (Å²) in [6.45, 7) is 3.34. The number of hydrogen-bond acceptors (Lipinski definition) is 8. The topological polar surface area (TPSA) is 171 Å². The predicted octanol–water partition coefficient (Wildman–Crippen LogP) is 0.963. The summed E-state index contributed by atoms with van der Waals surface area (Å²) in [6, 6.07) is 2.20. The Bertz CT molecular complexity index is 869. The second-order valence-electron chi connectivity index (χ2n) is 8.73. The molecule has 202 valence electrons. The highest BCUT2D eigenvalue weighted by atomic mass is 32.2. The van der Waals surface area contributed by atoms with E-state index in [4.69, 9.17) is 5.73 Å². The fourth-order valence-corrected chi connectivity index (χ4v) is 4.24. The van der Waals surface area contributed by atoms with Crippen LogP contribution < -0.4 is 21.7 Å². The standard InChI is InChI=1S/C24H38N4O6S2/c1-14(2)20(24(33)34)28-23(32)19(13-15-5-7-16(29)8-6-15)27-22(31)18(10-12-36-4)26-21(30)17(25)9-11-35-3/h5-8,14,17-20,29H,9-13,25H2,1-4H3,(H,26,30)(H,27,31)(H,28,32)(H,33,34). The molecule has 0 aliphatic carbocycles. The number of nitrogens with two attached hydrogens (primary N) is 1. The minimum atomic E-state index is -1.18. The number of carboxylic acid groups (broad SMARTS) is 1. The Balaban J connectivity index is 3.10. The lowest BCUT2D eigenvalue weighted by molar-refractivity contribution is -0.143. The van der Waals surface area contributed by atoms with Gasteiger partial charge in [0.2, 0.25) is 17.7 Å². The average molecular weight is 543 g/mol. The number of rotatable bonds is 16. The maximum atomic E-state index is 13.2. The van der Waals surface area contributed by atoms with E-state index >= 15 is 0 Å². The summed E-state index contributed by atoms with van der Waals surface area (Å²) < 4.78 is 0. The van der Waals surface area contributed by atoms with Crippen molar-refractivity contribution >= 4 is 47.2 Å². The molecule has 1 aromatic carbocycles. The molecule has 4 atom stereocenters. The van der Waals surface area contributed by atoms with Crippen molar-refractivity contribution in [2.45, 2.75) is 57.3 Å². The fourth-order valence-electron chi connectivity index (χ4n) is 3.28. The molecular weight excluding hydrogens is 504 g/mol. The quantitative estimate of drug-likeness (QED) is 0.178. The van der Waals surface area contributed by atoms with Gasteiger partial charge in [-0.3, -0.25) is 14.4 Å². The highest BCUT2D eigenvalue weighted by molar-refractivity contribution is 7.98. The van der Waals surface area contributed by atoms with Crippen molar-refractivity contribution in [2.75, 3.05) is 24.0 Å². The Kier molecular flexibility index (Phi) is 14.3. The van der Waals surface area contributed by atoms with E-state index < -0.39 is 47.9 Å². The van der Waals surface area contributed by atoms with Crippen molar-refractivity contribution in [1.82, 2.24) is 16.0 Å². The molecule has 1 rings (SSSR count). The third-order valence-electron chi connectivity index (χ3n) is 5.45. The van der Waals surface area contributed by atoms with E-state index in [1.165, 1.54) is 23.9 Å². The summed E-state index contributed by atoms with van der Waals surface area (Å²) in [6.07, 6.45) is 4.62. The number of carbonyl (C=O) groups excluding carboxylic acids is 3. The first kappa shape index (κ1) is 31.6. The molecule has 0 saturated heterocycles. The average Bonchev–Trinajstić information content (AvgIpc) is 2.83. The molecule has 0 heterocycles. The molecule has 12 heteroatoms. The SMILES string of the molecule is CSCCC(N)C(=O)NC(CCSC)C(=O)NC(Cc1ccc(O)cc1)C(=O)NC(C(=O)O)C(C)C. The number of aliphatic carboxylic acids is 1. The fraction of sp³-hybridized carbons (Fsp3) is 0.583. The van der Waals surface area contributed by atoms with Crippen LogP contribution in [0, 0.1) is 5.92 Å². The molecule has 36 heavy (non-hydrogen) atoms. The molecule has 0 radical (unpaired) electrons. The third kappa shape index (κ3) is 11.1. The maximum absolute atomic E-state index is 13.2. The number of carboxylic acids is 1. The van der Waals surface area contributed by atoms with E-state index in [1.54, 1.807) is 37.7 Å². The number of phenolic OH excluding ortho intramolecular Hbond substituents is 1. The smallest absolute Gasteiger partial charge is 0.326 e. The van der Waals surface area contributed by atoms with Crippen molar-refractivity contribution in [3.63, 3.8) is 0 Å². The molecule has 0 aliphatic rings. The van der Waals surface area contributed by atoms with Crippen LogP contribution in [-0.4, -0.2) is 82.1 Å². The lowest BCUT2D eigenvalue weighted by Crippen LogP contribution is -2.58. The first-order chi connectivity index (χ1) is 17.0. The molecular formula is C24H38N4O6S2. The number of nitrogens with one attached hydrogen (secondary N) is 3. The van der Waals surface area contributed by atoms with Crippen molar-refractivity contribution < 1.29 is 29.4 Å². The largest absolute Gasteiger partial charge is 0.508 e. The van der Waals surface area contributed by atoms with Gasteiger partial charge in [0.1, 0.15) is 23.9 Å². The number of phenols is 1. The number of carbonyl (C=O) groups is 4. The Morgan fingerprint density at radius 1 is 0.861 bits per heavy atom. The molecule has 1 aromatic rings. The van der Waals surface area contributed by atoms with Crippen molar-refractivity contribution in [3.8, 4) is 5.75 Å². The lowest BCUT2D eigenvalue weighted by Gasteiger charge is -2.26. The molecule has 0 aromatic heterocycles. The summed E-state index contributed by atoms with van der Waals surface area (Å²) >= 11 is 3.07. The predicted molar refractivity (Wildman–Crippen MR) is 144 cm³/mol. The first-order valence-corrected chi connectivity index (χ1v) is 14.4. The van der Waals surface area contributed by atoms with Gasteiger partial charge >= 0.3 is 5.97 Å². The molecule has 3 amide bonds. The van der Waals surface area contributed by atoms with E-state index in [0.29, 0.717) is 29.9 Å². The summed E-state index contributed by atoms with van der Waals surface area (Å²) in [4.78, 5) is 50.5. The molecule has 0 bridgehead atoms. The van der Waals surface area contributed by atoms with Gasteiger partial charge in [0.25, 0.3) is 0 Å². The molecule has 10 nitrogen and oxygen atoms in total. The zero-order valence-electron chi connectivity index (χ0n) is 21.2. The zero-order valence-corrected chi connectivity index (χ0v) is 22.8. The maximum Gasteiger partial charge on any atom is 0.326 e. The Labute approximate surface area is 220 Å². The molecule has 0 spiro atoms. The Hall–Kier alpha value is -2.44. The van der Waals surface area contributed by atoms with Crippen molar-refractivity contribution in [1.29, 1.82) is 0 Å². The number of thioether (sulfide) groups is 2. The normalized spacial score (nSPS) is 14.4. The van der Waals surface area contributed by atoms with Gasteiger partial charge < -0.3 is 31.9 Å². The van der Waals surface area contributed by atoms with E-state index in [1.807, 2.05) is 12.5 Å². The highest BCUT2D eigenvalue weighted by Crippen LogP contribution is 2.13. The lowest BCUT2D eigenvalue weighted by atomic mass is 10.0. The van der Waals surface area contributed by atoms with Crippen LogP contribution in [0.1, 0.15) is 32.3 Å². The van der Waals surface area contributed by atoms with Gasteiger partial charge in [0.15, 0.2) is 0 Å². The summed E-state index contributed by atoms with van der Waals surface area (Å²) in [5, 5.41) is 26.9. The monoisotopic (exact) mass is 542 g/mol. The van der Waals surface area contributed by atoms with Crippen molar-refractivity contribution in [3.05, 3.63) is 29.8 Å².